The van der Waals surface area contributed by atoms with Crippen LogP contribution in [0.4, 0.5) is 13.2 Å². The molecule has 0 aliphatic heterocycles. The van der Waals surface area contributed by atoms with Gasteiger partial charge in [-0.1, -0.05) is 48.0 Å². The molecule has 0 aromatic heterocycles. The van der Waals surface area contributed by atoms with Crippen LogP contribution < -0.4 is 0 Å². The van der Waals surface area contributed by atoms with Crippen LogP contribution in [0.2, 0.25) is 5.02 Å². The van der Waals surface area contributed by atoms with Crippen molar-refractivity contribution in [2.75, 3.05) is 0 Å². The lowest BCUT2D eigenvalue weighted by atomic mass is 9.99. The van der Waals surface area contributed by atoms with Crippen molar-refractivity contribution in [2.24, 2.45) is 0 Å². The van der Waals surface area contributed by atoms with Crippen molar-refractivity contribution in [2.45, 2.75) is 6.18 Å². The zero-order chi connectivity index (χ0) is 12.5. The molecule has 0 amide bonds. The number of hydrogen-bond donors (Lipinski definition) is 0. The average molecular weight is 257 g/mol. The van der Waals surface area contributed by atoms with Crippen molar-refractivity contribution in [1.29, 1.82) is 0 Å². The first kappa shape index (κ1) is 12.0. The molecule has 0 atom stereocenters. The summed E-state index contributed by atoms with van der Waals surface area (Å²) in [6, 6.07) is 12.2. The van der Waals surface area contributed by atoms with Crippen LogP contribution in [0.25, 0.3) is 11.1 Å². The van der Waals surface area contributed by atoms with Gasteiger partial charge in [-0.05, 0) is 23.3 Å². The highest BCUT2D eigenvalue weighted by Gasteiger charge is 2.33. The van der Waals surface area contributed by atoms with Crippen molar-refractivity contribution >= 4 is 11.6 Å². The largest absolute Gasteiger partial charge is 0.417 e. The van der Waals surface area contributed by atoms with Gasteiger partial charge in [-0.3, -0.25) is 0 Å². The molecule has 4 heteroatoms. The SMILES string of the molecule is FC(F)(F)c1cc(Cl)ccc1-c1ccccc1. The molecule has 0 N–H and O–H groups in total. The Morgan fingerprint density at radius 1 is 0.882 bits per heavy atom. The third-order valence-electron chi connectivity index (χ3n) is 2.37. The molecule has 17 heavy (non-hydrogen) atoms. The van der Waals surface area contributed by atoms with E-state index in [1.807, 2.05) is 0 Å². The Labute approximate surface area is 102 Å². The Morgan fingerprint density at radius 3 is 2.12 bits per heavy atom. The molecule has 0 fully saturated rings. The summed E-state index contributed by atoms with van der Waals surface area (Å²) in [6.07, 6.45) is -4.41. The van der Waals surface area contributed by atoms with Gasteiger partial charge < -0.3 is 0 Å². The molecule has 0 aliphatic rings. The van der Waals surface area contributed by atoms with Gasteiger partial charge in [0, 0.05) is 5.02 Å². The van der Waals surface area contributed by atoms with Crippen LogP contribution in [0, 0.1) is 0 Å². The summed E-state index contributed by atoms with van der Waals surface area (Å²) in [5, 5.41) is 0.0806. The third-order valence-corrected chi connectivity index (χ3v) is 2.61. The number of rotatable bonds is 1. The zero-order valence-corrected chi connectivity index (χ0v) is 9.39. The highest BCUT2D eigenvalue weighted by Crippen LogP contribution is 2.38. The van der Waals surface area contributed by atoms with Crippen LogP contribution in [0.15, 0.2) is 48.5 Å². The Morgan fingerprint density at radius 2 is 1.53 bits per heavy atom. The Hall–Kier alpha value is -1.48. The van der Waals surface area contributed by atoms with Crippen molar-refractivity contribution in [1.82, 2.24) is 0 Å². The lowest BCUT2D eigenvalue weighted by Gasteiger charge is -2.13. The van der Waals surface area contributed by atoms with E-state index in [0.717, 1.165) is 6.07 Å². The summed E-state index contributed by atoms with van der Waals surface area (Å²) in [6.45, 7) is 0. The summed E-state index contributed by atoms with van der Waals surface area (Å²) in [4.78, 5) is 0. The topological polar surface area (TPSA) is 0 Å². The molecule has 0 spiro atoms. The zero-order valence-electron chi connectivity index (χ0n) is 8.63. The highest BCUT2D eigenvalue weighted by molar-refractivity contribution is 6.30. The van der Waals surface area contributed by atoms with E-state index < -0.39 is 11.7 Å². The monoisotopic (exact) mass is 256 g/mol. The smallest absolute Gasteiger partial charge is 0.166 e. The molecule has 2 aromatic rings. The standard InChI is InChI=1S/C13H8ClF3/c14-10-6-7-11(9-4-2-1-3-5-9)12(8-10)13(15,16)17/h1-8H. The summed E-state index contributed by atoms with van der Waals surface area (Å²) in [5.41, 5.74) is -0.0461. The lowest BCUT2D eigenvalue weighted by Crippen LogP contribution is -2.07. The fraction of sp³-hybridized carbons (Fsp3) is 0.0769. The van der Waals surface area contributed by atoms with Gasteiger partial charge in [0.1, 0.15) is 0 Å². The molecule has 0 unspecified atom stereocenters. The second-order valence-electron chi connectivity index (χ2n) is 3.55. The number of alkyl halides is 3. The van der Waals surface area contributed by atoms with E-state index >= 15 is 0 Å². The Bertz CT molecular complexity index is 518. The van der Waals surface area contributed by atoms with Crippen molar-refractivity contribution in [3.8, 4) is 11.1 Å². The van der Waals surface area contributed by atoms with E-state index in [1.165, 1.54) is 12.1 Å². The molecule has 0 bridgehead atoms. The van der Waals surface area contributed by atoms with E-state index in [4.69, 9.17) is 11.6 Å². The summed E-state index contributed by atoms with van der Waals surface area (Å²) in [7, 11) is 0. The first-order chi connectivity index (χ1) is 7.98. The van der Waals surface area contributed by atoms with E-state index in [1.54, 1.807) is 30.3 Å². The molecule has 0 heterocycles. The van der Waals surface area contributed by atoms with Crippen molar-refractivity contribution in [3.63, 3.8) is 0 Å². The molecule has 0 saturated carbocycles. The number of benzene rings is 2. The quantitative estimate of drug-likeness (QED) is 0.672. The lowest BCUT2D eigenvalue weighted by molar-refractivity contribution is -0.137. The number of hydrogen-bond acceptors (Lipinski definition) is 0. The Kier molecular flexibility index (Phi) is 3.11. The van der Waals surface area contributed by atoms with Gasteiger partial charge >= 0.3 is 6.18 Å². The maximum atomic E-state index is 12.9. The van der Waals surface area contributed by atoms with E-state index in [-0.39, 0.29) is 10.6 Å². The fourth-order valence-corrected chi connectivity index (χ4v) is 1.79. The number of halogens is 4. The first-order valence-electron chi connectivity index (χ1n) is 4.90. The summed E-state index contributed by atoms with van der Waals surface area (Å²) in [5.74, 6) is 0. The third kappa shape index (κ3) is 2.61. The van der Waals surface area contributed by atoms with Crippen LogP contribution in [0.5, 0.6) is 0 Å². The average Bonchev–Trinajstić information content (AvgIpc) is 2.29. The second kappa shape index (κ2) is 4.41. The van der Waals surface area contributed by atoms with Crippen LogP contribution in [0.3, 0.4) is 0 Å². The molecule has 2 aromatic carbocycles. The molecule has 2 rings (SSSR count). The van der Waals surface area contributed by atoms with E-state index in [9.17, 15) is 13.2 Å². The van der Waals surface area contributed by atoms with Crippen LogP contribution in [-0.4, -0.2) is 0 Å². The maximum absolute atomic E-state index is 12.9. The first-order valence-corrected chi connectivity index (χ1v) is 5.28. The van der Waals surface area contributed by atoms with Gasteiger partial charge in [0.15, 0.2) is 0 Å². The van der Waals surface area contributed by atoms with Gasteiger partial charge in [-0.2, -0.15) is 13.2 Å². The summed E-state index contributed by atoms with van der Waals surface area (Å²) >= 11 is 5.61. The predicted molar refractivity (Wildman–Crippen MR) is 61.9 cm³/mol. The maximum Gasteiger partial charge on any atom is 0.417 e. The second-order valence-corrected chi connectivity index (χ2v) is 3.99. The molecule has 0 nitrogen and oxygen atoms in total. The molecular weight excluding hydrogens is 249 g/mol. The van der Waals surface area contributed by atoms with Gasteiger partial charge in [0.25, 0.3) is 0 Å². The molecule has 0 aliphatic carbocycles. The van der Waals surface area contributed by atoms with Crippen LogP contribution in [0.1, 0.15) is 5.56 Å². The summed E-state index contributed by atoms with van der Waals surface area (Å²) < 4.78 is 38.6. The minimum atomic E-state index is -4.41. The minimum absolute atomic E-state index is 0.0806. The van der Waals surface area contributed by atoms with Gasteiger partial charge in [0.2, 0.25) is 0 Å². The Balaban J connectivity index is 2.63. The van der Waals surface area contributed by atoms with Crippen LogP contribution in [-0.2, 0) is 6.18 Å². The predicted octanol–water partition coefficient (Wildman–Crippen LogP) is 5.03. The molecular formula is C13H8ClF3. The highest BCUT2D eigenvalue weighted by atomic mass is 35.5. The van der Waals surface area contributed by atoms with Gasteiger partial charge in [-0.15, -0.1) is 0 Å². The fourth-order valence-electron chi connectivity index (χ4n) is 1.62. The van der Waals surface area contributed by atoms with Crippen molar-refractivity contribution in [3.05, 3.63) is 59.1 Å². The molecule has 0 saturated heterocycles. The van der Waals surface area contributed by atoms with Crippen LogP contribution >= 0.6 is 11.6 Å². The van der Waals surface area contributed by atoms with Crippen molar-refractivity contribution < 1.29 is 13.2 Å². The minimum Gasteiger partial charge on any atom is -0.166 e. The molecule has 0 radical (unpaired) electrons. The van der Waals surface area contributed by atoms with E-state index in [0.29, 0.717) is 5.56 Å². The normalized spacial score (nSPS) is 11.5. The van der Waals surface area contributed by atoms with Gasteiger partial charge in [-0.25, -0.2) is 0 Å². The molecule has 88 valence electrons. The van der Waals surface area contributed by atoms with E-state index in [2.05, 4.69) is 0 Å². The van der Waals surface area contributed by atoms with Gasteiger partial charge in [0.05, 0.1) is 5.56 Å².